The van der Waals surface area contributed by atoms with E-state index in [1.165, 1.54) is 6.92 Å². The maximum atomic E-state index is 12.4. The molecular weight excluding hydrogens is 368 g/mol. The van der Waals surface area contributed by atoms with Gasteiger partial charge in [-0.2, -0.15) is 0 Å². The molecule has 0 radical (unpaired) electrons. The Balaban J connectivity index is 1.53. The standard InChI is InChI=1S/C23H22N2O4/c1-15-8-10-17(11-9-15)21(26)12-13-22(27)29-16(2)23(28)25-20-7-3-6-19-18(20)5-4-14-24-19/h3-11,14,16H,12-13H2,1-2H3,(H,25,28). The molecule has 1 heterocycles. The van der Waals surface area contributed by atoms with E-state index >= 15 is 0 Å². The number of nitrogens with zero attached hydrogens (tertiary/aromatic N) is 1. The molecule has 0 bridgehead atoms. The molecule has 0 saturated heterocycles. The van der Waals surface area contributed by atoms with Crippen LogP contribution in [-0.2, 0) is 14.3 Å². The minimum atomic E-state index is -0.982. The lowest BCUT2D eigenvalue weighted by atomic mass is 10.1. The Morgan fingerprint density at radius 2 is 1.76 bits per heavy atom. The molecule has 1 unspecified atom stereocenters. The summed E-state index contributed by atoms with van der Waals surface area (Å²) < 4.78 is 5.18. The van der Waals surface area contributed by atoms with Gasteiger partial charge in [0.05, 0.1) is 17.6 Å². The summed E-state index contributed by atoms with van der Waals surface area (Å²) in [6.45, 7) is 3.44. The van der Waals surface area contributed by atoms with E-state index in [0.717, 1.165) is 16.5 Å². The number of hydrogen-bond donors (Lipinski definition) is 1. The van der Waals surface area contributed by atoms with Crippen molar-refractivity contribution in [2.75, 3.05) is 5.32 Å². The predicted octanol–water partition coefficient (Wildman–Crippen LogP) is 4.08. The molecule has 6 nitrogen and oxygen atoms in total. The van der Waals surface area contributed by atoms with Crippen molar-refractivity contribution in [1.82, 2.24) is 4.98 Å². The lowest BCUT2D eigenvalue weighted by molar-refractivity contribution is -0.153. The highest BCUT2D eigenvalue weighted by molar-refractivity contribution is 6.03. The van der Waals surface area contributed by atoms with Gasteiger partial charge in [-0.3, -0.25) is 19.4 Å². The molecule has 0 spiro atoms. The van der Waals surface area contributed by atoms with Crippen LogP contribution in [-0.4, -0.2) is 28.7 Å². The summed E-state index contributed by atoms with van der Waals surface area (Å²) in [5, 5.41) is 3.56. The first-order valence-electron chi connectivity index (χ1n) is 9.38. The molecule has 29 heavy (non-hydrogen) atoms. The Bertz CT molecular complexity index is 1040. The van der Waals surface area contributed by atoms with Gasteiger partial charge in [-0.15, -0.1) is 0 Å². The second-order valence-electron chi connectivity index (χ2n) is 6.79. The SMILES string of the molecule is Cc1ccc(C(=O)CCC(=O)OC(C)C(=O)Nc2cccc3ncccc23)cc1. The van der Waals surface area contributed by atoms with Gasteiger partial charge in [0, 0.05) is 23.6 Å². The van der Waals surface area contributed by atoms with Gasteiger partial charge >= 0.3 is 5.97 Å². The van der Waals surface area contributed by atoms with Gasteiger partial charge in [0.2, 0.25) is 0 Å². The van der Waals surface area contributed by atoms with Crippen LogP contribution in [0.25, 0.3) is 10.9 Å². The zero-order chi connectivity index (χ0) is 20.8. The molecule has 3 rings (SSSR count). The van der Waals surface area contributed by atoms with E-state index in [0.29, 0.717) is 11.3 Å². The zero-order valence-corrected chi connectivity index (χ0v) is 16.3. The number of aryl methyl sites for hydroxylation is 1. The summed E-state index contributed by atoms with van der Waals surface area (Å²) in [4.78, 5) is 40.9. The number of hydrogen-bond acceptors (Lipinski definition) is 5. The minimum Gasteiger partial charge on any atom is -0.453 e. The zero-order valence-electron chi connectivity index (χ0n) is 16.3. The van der Waals surface area contributed by atoms with Gasteiger partial charge in [-0.25, -0.2) is 0 Å². The molecule has 0 aliphatic rings. The van der Waals surface area contributed by atoms with Crippen molar-refractivity contribution >= 4 is 34.3 Å². The van der Waals surface area contributed by atoms with E-state index in [-0.39, 0.29) is 18.6 Å². The number of Topliss-reactive ketones (excluding diaryl/α,β-unsaturated/α-hetero) is 1. The molecule has 1 amide bonds. The summed E-state index contributed by atoms with van der Waals surface area (Å²) >= 11 is 0. The molecule has 1 N–H and O–H groups in total. The fourth-order valence-corrected chi connectivity index (χ4v) is 2.86. The second kappa shape index (κ2) is 9.10. The average molecular weight is 390 g/mol. The largest absolute Gasteiger partial charge is 0.453 e. The number of pyridine rings is 1. The number of amides is 1. The Hall–Kier alpha value is -3.54. The number of ether oxygens (including phenoxy) is 1. The average Bonchev–Trinajstić information content (AvgIpc) is 2.72. The van der Waals surface area contributed by atoms with Crippen molar-refractivity contribution < 1.29 is 19.1 Å². The summed E-state index contributed by atoms with van der Waals surface area (Å²) in [5.41, 5.74) is 2.96. The first-order valence-corrected chi connectivity index (χ1v) is 9.38. The van der Waals surface area contributed by atoms with Crippen LogP contribution in [0, 0.1) is 6.92 Å². The molecule has 0 aliphatic heterocycles. The van der Waals surface area contributed by atoms with Gasteiger partial charge in [0.1, 0.15) is 0 Å². The Labute approximate surface area is 168 Å². The number of esters is 1. The third-order valence-electron chi connectivity index (χ3n) is 4.51. The van der Waals surface area contributed by atoms with E-state index in [2.05, 4.69) is 10.3 Å². The molecule has 0 aliphatic carbocycles. The van der Waals surface area contributed by atoms with Crippen LogP contribution in [0.1, 0.15) is 35.7 Å². The van der Waals surface area contributed by atoms with Crippen LogP contribution >= 0.6 is 0 Å². The predicted molar refractivity (Wildman–Crippen MR) is 111 cm³/mol. The van der Waals surface area contributed by atoms with Crippen LogP contribution in [0.15, 0.2) is 60.8 Å². The third-order valence-corrected chi connectivity index (χ3v) is 4.51. The second-order valence-corrected chi connectivity index (χ2v) is 6.79. The molecule has 3 aromatic rings. The fourth-order valence-electron chi connectivity index (χ4n) is 2.86. The molecule has 6 heteroatoms. The lowest BCUT2D eigenvalue weighted by Crippen LogP contribution is -2.30. The van der Waals surface area contributed by atoms with Crippen LogP contribution in [0.4, 0.5) is 5.69 Å². The van der Waals surface area contributed by atoms with Gasteiger partial charge in [-0.1, -0.05) is 35.9 Å². The van der Waals surface area contributed by atoms with E-state index in [1.54, 1.807) is 36.5 Å². The number of anilines is 1. The fraction of sp³-hybridized carbons (Fsp3) is 0.217. The van der Waals surface area contributed by atoms with Crippen LogP contribution in [0.5, 0.6) is 0 Å². The summed E-state index contributed by atoms with van der Waals surface area (Å²) in [5.74, 6) is -1.17. The van der Waals surface area contributed by atoms with Crippen molar-refractivity contribution in [2.45, 2.75) is 32.8 Å². The third kappa shape index (κ3) is 5.25. The maximum Gasteiger partial charge on any atom is 0.307 e. The normalized spacial score (nSPS) is 11.7. The number of nitrogens with one attached hydrogen (secondary N) is 1. The quantitative estimate of drug-likeness (QED) is 0.485. The van der Waals surface area contributed by atoms with Gasteiger partial charge in [0.15, 0.2) is 11.9 Å². The Morgan fingerprint density at radius 1 is 1.00 bits per heavy atom. The van der Waals surface area contributed by atoms with Crippen molar-refractivity contribution in [3.05, 3.63) is 71.9 Å². The van der Waals surface area contributed by atoms with Crippen molar-refractivity contribution in [2.24, 2.45) is 0 Å². The monoisotopic (exact) mass is 390 g/mol. The molecule has 1 atom stereocenters. The maximum absolute atomic E-state index is 12.4. The van der Waals surface area contributed by atoms with Crippen molar-refractivity contribution in [3.63, 3.8) is 0 Å². The van der Waals surface area contributed by atoms with Crippen LogP contribution in [0.3, 0.4) is 0 Å². The molecule has 1 aromatic heterocycles. The Morgan fingerprint density at radius 3 is 2.52 bits per heavy atom. The molecule has 0 saturated carbocycles. The number of ketones is 1. The first-order chi connectivity index (χ1) is 13.9. The van der Waals surface area contributed by atoms with Gasteiger partial charge < -0.3 is 10.1 Å². The van der Waals surface area contributed by atoms with Crippen molar-refractivity contribution in [3.8, 4) is 0 Å². The van der Waals surface area contributed by atoms with Crippen LogP contribution < -0.4 is 5.32 Å². The number of benzene rings is 2. The smallest absolute Gasteiger partial charge is 0.307 e. The summed E-state index contributed by atoms with van der Waals surface area (Å²) in [6.07, 6.45) is 0.646. The van der Waals surface area contributed by atoms with E-state index in [9.17, 15) is 14.4 Å². The van der Waals surface area contributed by atoms with Gasteiger partial charge in [0.25, 0.3) is 5.91 Å². The molecule has 148 valence electrons. The molecular formula is C23H22N2O4. The number of fused-ring (bicyclic) bond motifs is 1. The topological polar surface area (TPSA) is 85.4 Å². The Kier molecular flexibility index (Phi) is 6.34. The number of carbonyl (C=O) groups is 3. The minimum absolute atomic E-state index is 0.0330. The number of aromatic nitrogens is 1. The molecule has 2 aromatic carbocycles. The van der Waals surface area contributed by atoms with E-state index in [4.69, 9.17) is 4.74 Å². The van der Waals surface area contributed by atoms with E-state index < -0.39 is 18.0 Å². The summed E-state index contributed by atoms with van der Waals surface area (Å²) in [6, 6.07) is 16.2. The highest BCUT2D eigenvalue weighted by atomic mass is 16.5. The van der Waals surface area contributed by atoms with Crippen molar-refractivity contribution in [1.29, 1.82) is 0 Å². The number of carbonyl (C=O) groups excluding carboxylic acids is 3. The van der Waals surface area contributed by atoms with E-state index in [1.807, 2.05) is 31.2 Å². The highest BCUT2D eigenvalue weighted by Crippen LogP contribution is 2.21. The summed E-state index contributed by atoms with van der Waals surface area (Å²) in [7, 11) is 0. The first kappa shape index (κ1) is 20.2. The molecule has 0 fully saturated rings. The highest BCUT2D eigenvalue weighted by Gasteiger charge is 2.19. The number of rotatable bonds is 7. The lowest BCUT2D eigenvalue weighted by Gasteiger charge is -2.14. The van der Waals surface area contributed by atoms with Crippen LogP contribution in [0.2, 0.25) is 0 Å². The van der Waals surface area contributed by atoms with Gasteiger partial charge in [-0.05, 0) is 38.1 Å².